The first-order valence-corrected chi connectivity index (χ1v) is 15.5. The summed E-state index contributed by atoms with van der Waals surface area (Å²) in [4.78, 5) is 26.4. The van der Waals surface area contributed by atoms with E-state index in [0.29, 0.717) is 25.3 Å². The third kappa shape index (κ3) is 6.30. The number of ether oxygens (including phenoxy) is 2. The molecule has 0 saturated carbocycles. The molecule has 1 unspecified atom stereocenters. The van der Waals surface area contributed by atoms with Gasteiger partial charge in [-0.3, -0.25) is 4.79 Å². The van der Waals surface area contributed by atoms with Crippen LogP contribution in [0.2, 0.25) is 0 Å². The Bertz CT molecular complexity index is 1780. The van der Waals surface area contributed by atoms with Crippen LogP contribution in [0.3, 0.4) is 0 Å². The maximum atomic E-state index is 13.5. The van der Waals surface area contributed by atoms with Crippen molar-refractivity contribution in [3.05, 3.63) is 108 Å². The Morgan fingerprint density at radius 1 is 0.907 bits per heavy atom. The molecule has 5 rings (SSSR count). The summed E-state index contributed by atoms with van der Waals surface area (Å²) in [6, 6.07) is 26.7. The molecule has 1 aliphatic rings. The Labute approximate surface area is 251 Å². The van der Waals surface area contributed by atoms with Gasteiger partial charge in [-0.15, -0.1) is 0 Å². The van der Waals surface area contributed by atoms with E-state index in [-0.39, 0.29) is 10.5 Å². The second kappa shape index (κ2) is 12.8. The molecule has 9 nitrogen and oxygen atoms in total. The van der Waals surface area contributed by atoms with Crippen molar-refractivity contribution < 1.29 is 27.5 Å². The van der Waals surface area contributed by atoms with Crippen molar-refractivity contribution in [3.8, 4) is 5.75 Å². The largest absolute Gasteiger partial charge is 0.497 e. The van der Waals surface area contributed by atoms with Crippen LogP contribution < -0.4 is 4.74 Å². The molecule has 0 saturated heterocycles. The first-order chi connectivity index (χ1) is 20.7. The standard InChI is InChI=1S/C33H33N3O6S/c1-4-35(5-2)43(39,40)29-12-8-11-27(20-29)33(38)42-22-32(37)36-31(24-15-17-28(41-3)18-16-24)21-30(34-36)26-14-13-23-9-6-7-10-25(23)19-26/h6-20,31H,4-5,21-22H2,1-3H3. The number of fused-ring (bicyclic) bond motifs is 1. The number of hydrazone groups is 1. The zero-order chi connectivity index (χ0) is 30.6. The Hall–Kier alpha value is -4.54. The first kappa shape index (κ1) is 29.9. The van der Waals surface area contributed by atoms with Crippen LogP contribution in [0.15, 0.2) is 101 Å². The number of rotatable bonds is 10. The number of carbonyl (C=O) groups is 2. The van der Waals surface area contributed by atoms with E-state index < -0.39 is 34.5 Å². The highest BCUT2D eigenvalue weighted by atomic mass is 32.2. The van der Waals surface area contributed by atoms with Crippen molar-refractivity contribution in [2.24, 2.45) is 5.10 Å². The van der Waals surface area contributed by atoms with Crippen LogP contribution in [-0.2, 0) is 19.6 Å². The summed E-state index contributed by atoms with van der Waals surface area (Å²) in [7, 11) is -2.18. The lowest BCUT2D eigenvalue weighted by atomic mass is 9.97. The Morgan fingerprint density at radius 2 is 1.63 bits per heavy atom. The highest BCUT2D eigenvalue weighted by Gasteiger charge is 2.34. The number of benzene rings is 4. The number of esters is 1. The fourth-order valence-electron chi connectivity index (χ4n) is 5.14. The summed E-state index contributed by atoms with van der Waals surface area (Å²) in [6.45, 7) is 3.53. The van der Waals surface area contributed by atoms with Gasteiger partial charge >= 0.3 is 5.97 Å². The number of nitrogens with zero attached hydrogens (tertiary/aromatic N) is 3. The molecule has 0 spiro atoms. The Balaban J connectivity index is 1.37. The molecule has 0 fully saturated rings. The van der Waals surface area contributed by atoms with Crippen molar-refractivity contribution in [3.63, 3.8) is 0 Å². The topological polar surface area (TPSA) is 106 Å². The molecular formula is C33H33N3O6S. The van der Waals surface area contributed by atoms with E-state index in [0.717, 1.165) is 27.6 Å². The average molecular weight is 600 g/mol. The molecule has 1 heterocycles. The summed E-state index contributed by atoms with van der Waals surface area (Å²) < 4.78 is 37.8. The van der Waals surface area contributed by atoms with E-state index in [1.165, 1.54) is 33.6 Å². The number of carbonyl (C=O) groups excluding carboxylic acids is 2. The van der Waals surface area contributed by atoms with Gasteiger partial charge in [0.2, 0.25) is 10.0 Å². The van der Waals surface area contributed by atoms with Crippen LogP contribution in [0.4, 0.5) is 0 Å². The lowest BCUT2D eigenvalue weighted by molar-refractivity contribution is -0.136. The van der Waals surface area contributed by atoms with Gasteiger partial charge in [0.25, 0.3) is 5.91 Å². The minimum atomic E-state index is -3.77. The Kier molecular flexibility index (Phi) is 8.89. The SMILES string of the molecule is CCN(CC)S(=O)(=O)c1cccc(C(=O)OCC(=O)N2N=C(c3ccc4ccccc4c3)CC2c2ccc(OC)cc2)c1. The first-order valence-electron chi connectivity index (χ1n) is 14.0. The van der Waals surface area contributed by atoms with Gasteiger partial charge in [0.05, 0.1) is 29.3 Å². The molecule has 222 valence electrons. The molecule has 0 radical (unpaired) electrons. The second-order valence-electron chi connectivity index (χ2n) is 10.0. The molecule has 0 aromatic heterocycles. The van der Waals surface area contributed by atoms with Crippen LogP contribution in [0.1, 0.15) is 47.8 Å². The normalized spacial score (nSPS) is 15.0. The van der Waals surface area contributed by atoms with Gasteiger partial charge in [-0.1, -0.05) is 68.4 Å². The van der Waals surface area contributed by atoms with Crippen molar-refractivity contribution in [1.82, 2.24) is 9.31 Å². The molecule has 0 N–H and O–H groups in total. The van der Waals surface area contributed by atoms with Crippen molar-refractivity contribution in [2.75, 3.05) is 26.8 Å². The maximum absolute atomic E-state index is 13.5. The fourth-order valence-corrected chi connectivity index (χ4v) is 6.65. The third-order valence-electron chi connectivity index (χ3n) is 7.49. The van der Waals surface area contributed by atoms with E-state index >= 15 is 0 Å². The molecular weight excluding hydrogens is 566 g/mol. The predicted octanol–water partition coefficient (Wildman–Crippen LogP) is 5.41. The summed E-state index contributed by atoms with van der Waals surface area (Å²) in [6.07, 6.45) is 0.468. The van der Waals surface area contributed by atoms with Crippen LogP contribution in [-0.4, -0.2) is 62.1 Å². The molecule has 1 aliphatic heterocycles. The van der Waals surface area contributed by atoms with Gasteiger partial charge in [0.15, 0.2) is 6.61 Å². The third-order valence-corrected chi connectivity index (χ3v) is 9.53. The molecule has 0 aliphatic carbocycles. The minimum Gasteiger partial charge on any atom is -0.497 e. The number of amides is 1. The van der Waals surface area contributed by atoms with Crippen molar-refractivity contribution in [1.29, 1.82) is 0 Å². The van der Waals surface area contributed by atoms with Gasteiger partial charge < -0.3 is 9.47 Å². The van der Waals surface area contributed by atoms with Crippen LogP contribution in [0.25, 0.3) is 10.8 Å². The summed E-state index contributed by atoms with van der Waals surface area (Å²) in [5.74, 6) is -0.616. The summed E-state index contributed by atoms with van der Waals surface area (Å²) in [5, 5.41) is 8.22. The number of methoxy groups -OCH3 is 1. The van der Waals surface area contributed by atoms with Gasteiger partial charge in [-0.25, -0.2) is 18.2 Å². The van der Waals surface area contributed by atoms with E-state index in [2.05, 4.69) is 0 Å². The van der Waals surface area contributed by atoms with Gasteiger partial charge in [0, 0.05) is 19.5 Å². The molecule has 4 aromatic rings. The van der Waals surface area contributed by atoms with Crippen LogP contribution >= 0.6 is 0 Å². The van der Waals surface area contributed by atoms with Gasteiger partial charge in [0.1, 0.15) is 5.75 Å². The van der Waals surface area contributed by atoms with Crippen LogP contribution in [0.5, 0.6) is 5.75 Å². The second-order valence-corrected chi connectivity index (χ2v) is 12.0. The molecule has 4 aromatic carbocycles. The van der Waals surface area contributed by atoms with Gasteiger partial charge in [-0.2, -0.15) is 9.41 Å². The number of sulfonamides is 1. The quantitative estimate of drug-likeness (QED) is 0.226. The van der Waals surface area contributed by atoms with Crippen molar-refractivity contribution >= 4 is 38.4 Å². The van der Waals surface area contributed by atoms with E-state index in [4.69, 9.17) is 14.6 Å². The number of hydrogen-bond acceptors (Lipinski definition) is 7. The highest BCUT2D eigenvalue weighted by Crippen LogP contribution is 2.34. The maximum Gasteiger partial charge on any atom is 0.338 e. The fraction of sp³-hybridized carbons (Fsp3) is 0.242. The number of hydrogen-bond donors (Lipinski definition) is 0. The highest BCUT2D eigenvalue weighted by molar-refractivity contribution is 7.89. The van der Waals surface area contributed by atoms with Crippen molar-refractivity contribution in [2.45, 2.75) is 31.2 Å². The Morgan fingerprint density at radius 3 is 2.33 bits per heavy atom. The lowest BCUT2D eigenvalue weighted by Crippen LogP contribution is -2.31. The van der Waals surface area contributed by atoms with E-state index in [1.54, 1.807) is 21.0 Å². The summed E-state index contributed by atoms with van der Waals surface area (Å²) >= 11 is 0. The van der Waals surface area contributed by atoms with Crippen LogP contribution in [0, 0.1) is 0 Å². The monoisotopic (exact) mass is 599 g/mol. The van der Waals surface area contributed by atoms with E-state index in [9.17, 15) is 18.0 Å². The molecule has 0 bridgehead atoms. The van der Waals surface area contributed by atoms with Gasteiger partial charge in [-0.05, 0) is 58.3 Å². The van der Waals surface area contributed by atoms with E-state index in [1.807, 2.05) is 66.7 Å². The zero-order valence-electron chi connectivity index (χ0n) is 24.3. The lowest BCUT2D eigenvalue weighted by Gasteiger charge is -2.22. The zero-order valence-corrected chi connectivity index (χ0v) is 25.1. The molecule has 10 heteroatoms. The summed E-state index contributed by atoms with van der Waals surface area (Å²) in [5.41, 5.74) is 2.53. The molecule has 1 atom stereocenters. The predicted molar refractivity (Wildman–Crippen MR) is 165 cm³/mol. The smallest absolute Gasteiger partial charge is 0.338 e. The average Bonchev–Trinajstić information content (AvgIpc) is 3.49. The molecule has 1 amide bonds. The minimum absolute atomic E-state index is 0.0132. The molecule has 43 heavy (non-hydrogen) atoms.